The second-order valence-corrected chi connectivity index (χ2v) is 5.30. The summed E-state index contributed by atoms with van der Waals surface area (Å²) < 4.78 is 2.28. The first kappa shape index (κ1) is 20.0. The van der Waals surface area contributed by atoms with Crippen molar-refractivity contribution in [2.45, 2.75) is 6.92 Å². The van der Waals surface area contributed by atoms with Gasteiger partial charge in [-0.25, -0.2) is 13.8 Å². The Bertz CT molecular complexity index is 717. The van der Waals surface area contributed by atoms with E-state index < -0.39 is 4.92 Å². The molecule has 0 saturated carbocycles. The maximum Gasteiger partial charge on any atom is 0.287 e. The van der Waals surface area contributed by atoms with Crippen LogP contribution in [-0.2, 0) is 27.3 Å². The molecule has 116 valence electrons. The molecule has 0 aliphatic rings. The Morgan fingerprint density at radius 3 is 2.39 bits per heavy atom. The average Bonchev–Trinajstić information content (AvgIpc) is 2.53. The van der Waals surface area contributed by atoms with Crippen molar-refractivity contribution in [1.29, 1.82) is 0 Å². The van der Waals surface area contributed by atoms with Crippen molar-refractivity contribution in [2.75, 3.05) is 8.84 Å². The Balaban J connectivity index is 0.00000264. The van der Waals surface area contributed by atoms with Gasteiger partial charge in [0.1, 0.15) is 6.20 Å². The molecule has 0 spiro atoms. The molecule has 1 heterocycles. The third-order valence-electron chi connectivity index (χ3n) is 2.81. The van der Waals surface area contributed by atoms with E-state index >= 15 is 0 Å². The zero-order valence-corrected chi connectivity index (χ0v) is 18.4. The minimum Gasteiger partial charge on any atom is -0.258 e. The van der Waals surface area contributed by atoms with Crippen molar-refractivity contribution in [3.63, 3.8) is 0 Å². The van der Waals surface area contributed by atoms with E-state index in [9.17, 15) is 10.1 Å². The fourth-order valence-electron chi connectivity index (χ4n) is 1.66. The van der Waals surface area contributed by atoms with Crippen molar-refractivity contribution < 1.29 is 32.2 Å². The molecule has 1 aromatic carbocycles. The number of hydrogen-bond acceptors (Lipinski definition) is 4. The number of halogens is 2. The molecule has 2 aromatic rings. The molecule has 0 fully saturated rings. The summed E-state index contributed by atoms with van der Waals surface area (Å²) in [7, 11) is 0. The number of nitrogens with zero attached hydrogens (tertiary/aromatic N) is 4. The molecule has 0 bridgehead atoms. The van der Waals surface area contributed by atoms with Crippen LogP contribution in [0.1, 0.15) is 5.56 Å². The molecule has 0 N–H and O–H groups in total. The first-order chi connectivity index (χ1) is 10.4. The second kappa shape index (κ2) is 8.71. The van der Waals surface area contributed by atoms with Crippen molar-refractivity contribution >= 4 is 58.1 Å². The quantitative estimate of drug-likeness (QED) is 0.221. The van der Waals surface area contributed by atoms with E-state index in [0.717, 1.165) is 16.2 Å². The van der Waals surface area contributed by atoms with Crippen LogP contribution < -0.4 is 8.84 Å². The summed E-state index contributed by atoms with van der Waals surface area (Å²) in [6.45, 7) is 1.88. The Morgan fingerprint density at radius 1 is 1.22 bits per heavy atom. The number of nitro groups is 1. The van der Waals surface area contributed by atoms with Gasteiger partial charge in [0.15, 0.2) is 5.82 Å². The fraction of sp³-hybridized carbons (Fsp3) is 0.0769. The summed E-state index contributed by atoms with van der Waals surface area (Å²) in [5.41, 5.74) is 1.46. The van der Waals surface area contributed by atoms with Gasteiger partial charge in [-0.2, -0.15) is 0 Å². The largest absolute Gasteiger partial charge is 0.287 e. The van der Waals surface area contributed by atoms with Crippen LogP contribution in [0.25, 0.3) is 0 Å². The number of hydrogen-bond donors (Lipinski definition) is 0. The topological polar surface area (TPSA) is 62.5 Å². The van der Waals surface area contributed by atoms with Gasteiger partial charge in [-0.15, -0.1) is 0 Å². The van der Waals surface area contributed by atoms with E-state index in [1.165, 1.54) is 16.6 Å². The third kappa shape index (κ3) is 4.72. The minimum absolute atomic E-state index is 0. The number of aromatic nitrogens is 1. The SMILES string of the molecule is Cc1ccccc1N(Cl)C(=S)N(Cl)c1ccc([N+](=O)[O-])cn1.[Cd]. The first-order valence-electron chi connectivity index (χ1n) is 6.03. The van der Waals surface area contributed by atoms with Crippen LogP contribution in [0.3, 0.4) is 0 Å². The Hall–Kier alpha value is -1.04. The van der Waals surface area contributed by atoms with Crippen LogP contribution in [-0.4, -0.2) is 15.0 Å². The number of rotatable bonds is 3. The second-order valence-electron chi connectivity index (χ2n) is 4.26. The fourth-order valence-corrected chi connectivity index (χ4v) is 2.34. The molecule has 6 nitrogen and oxygen atoms in total. The Labute approximate surface area is 168 Å². The maximum absolute atomic E-state index is 10.6. The number of pyridine rings is 1. The molecule has 0 aliphatic heterocycles. The first-order valence-corrected chi connectivity index (χ1v) is 7.12. The zero-order chi connectivity index (χ0) is 16.3. The molecule has 0 atom stereocenters. The number of thiocarbonyl (C=S) groups is 1. The van der Waals surface area contributed by atoms with E-state index in [1.807, 2.05) is 25.1 Å². The Kier molecular flexibility index (Phi) is 7.58. The zero-order valence-electron chi connectivity index (χ0n) is 12.0. The van der Waals surface area contributed by atoms with Crippen molar-refractivity contribution in [3.05, 3.63) is 58.3 Å². The van der Waals surface area contributed by atoms with E-state index in [2.05, 4.69) is 4.98 Å². The van der Waals surface area contributed by atoms with Gasteiger partial charge in [0.05, 0.1) is 10.6 Å². The van der Waals surface area contributed by atoms with E-state index in [-0.39, 0.29) is 43.9 Å². The molecule has 0 amide bonds. The van der Waals surface area contributed by atoms with E-state index in [4.69, 9.17) is 35.8 Å². The average molecular weight is 470 g/mol. The van der Waals surface area contributed by atoms with Gasteiger partial charge in [0.2, 0.25) is 5.11 Å². The van der Waals surface area contributed by atoms with Crippen molar-refractivity contribution in [3.8, 4) is 0 Å². The Morgan fingerprint density at radius 2 is 1.87 bits per heavy atom. The summed E-state index contributed by atoms with van der Waals surface area (Å²) in [5.74, 6) is 0.233. The predicted octanol–water partition coefficient (Wildman–Crippen LogP) is 4.20. The summed E-state index contributed by atoms with van der Waals surface area (Å²) in [6, 6.07) is 10.1. The van der Waals surface area contributed by atoms with Crippen molar-refractivity contribution in [1.82, 2.24) is 4.98 Å². The van der Waals surface area contributed by atoms with Crippen molar-refractivity contribution in [2.24, 2.45) is 0 Å². The normalized spacial score (nSPS) is 9.70. The minimum atomic E-state index is -0.547. The van der Waals surface area contributed by atoms with Gasteiger partial charge in [0, 0.05) is 56.9 Å². The number of benzene rings is 1. The molecule has 10 heteroatoms. The van der Waals surface area contributed by atoms with Gasteiger partial charge in [-0.3, -0.25) is 10.1 Å². The number of anilines is 2. The molecule has 0 saturated heterocycles. The summed E-state index contributed by atoms with van der Waals surface area (Å²) in [5, 5.41) is 10.7. The van der Waals surface area contributed by atoms with Crippen LogP contribution in [0.15, 0.2) is 42.6 Å². The van der Waals surface area contributed by atoms with Gasteiger partial charge in [-0.05, 0) is 36.8 Å². The summed E-state index contributed by atoms with van der Waals surface area (Å²) in [6.07, 6.45) is 1.10. The monoisotopic (exact) mass is 470 g/mol. The molecule has 1 aromatic heterocycles. The smallest absolute Gasteiger partial charge is 0.258 e. The summed E-state index contributed by atoms with van der Waals surface area (Å²) >= 11 is 17.6. The molecule has 0 unspecified atom stereocenters. The van der Waals surface area contributed by atoms with Gasteiger partial charge < -0.3 is 0 Å². The standard InChI is InChI=1S/C13H10Cl2N4O2S.Cd/c1-9-4-2-3-5-11(9)17(14)13(22)18(15)12-7-6-10(8-16-12)19(20)21;/h2-8H,1H3;. The molecule has 0 aliphatic carbocycles. The van der Waals surface area contributed by atoms with Crippen LogP contribution in [0.4, 0.5) is 17.2 Å². The number of para-hydroxylation sites is 1. The maximum atomic E-state index is 10.6. The third-order valence-corrected chi connectivity index (χ3v) is 4.05. The van der Waals surface area contributed by atoms with Crippen LogP contribution in [0.2, 0.25) is 0 Å². The molecule has 23 heavy (non-hydrogen) atoms. The predicted molar refractivity (Wildman–Crippen MR) is 91.3 cm³/mol. The van der Waals surface area contributed by atoms with Crippen LogP contribution in [0, 0.1) is 17.0 Å². The molecule has 0 radical (unpaired) electrons. The molecular weight excluding hydrogens is 460 g/mol. The summed E-state index contributed by atoms with van der Waals surface area (Å²) in [4.78, 5) is 14.0. The van der Waals surface area contributed by atoms with Crippen LogP contribution >= 0.6 is 35.8 Å². The van der Waals surface area contributed by atoms with Crippen LogP contribution in [0.5, 0.6) is 0 Å². The molecule has 2 rings (SSSR count). The van der Waals surface area contributed by atoms with E-state index in [1.54, 1.807) is 6.07 Å². The van der Waals surface area contributed by atoms with Gasteiger partial charge in [0.25, 0.3) is 5.69 Å². The van der Waals surface area contributed by atoms with Gasteiger partial charge in [-0.1, -0.05) is 18.2 Å². The number of aryl methyl sites for hydroxylation is 1. The molecular formula is C13H10CdCl2N4O2S. The van der Waals surface area contributed by atoms with E-state index in [0.29, 0.717) is 5.69 Å². The van der Waals surface area contributed by atoms with Gasteiger partial charge >= 0.3 is 0 Å².